The highest BCUT2D eigenvalue weighted by Gasteiger charge is 2.18. The van der Waals surface area contributed by atoms with Gasteiger partial charge in [-0.2, -0.15) is 0 Å². The summed E-state index contributed by atoms with van der Waals surface area (Å²) < 4.78 is 40.6. The van der Waals surface area contributed by atoms with Crippen molar-refractivity contribution in [2.24, 2.45) is 0 Å². The number of nitrogens with one attached hydrogen (secondary N) is 2. The van der Waals surface area contributed by atoms with Gasteiger partial charge >= 0.3 is 6.03 Å². The van der Waals surface area contributed by atoms with E-state index in [-0.39, 0.29) is 11.4 Å². The zero-order chi connectivity index (χ0) is 21.2. The van der Waals surface area contributed by atoms with Gasteiger partial charge in [0.2, 0.25) is 10.0 Å². The molecule has 0 fully saturated rings. The minimum absolute atomic E-state index is 0.130. The molecule has 0 atom stereocenters. The van der Waals surface area contributed by atoms with Crippen LogP contribution >= 0.6 is 0 Å². The number of urea groups is 1. The fourth-order valence-corrected chi connectivity index (χ4v) is 3.53. The number of rotatable bonds is 6. The minimum atomic E-state index is -3.56. The SMILES string of the molecule is Cc1ccc(NC(=O)NCCn2nnc3cc(S(=O)(=O)N(C)C)ccc32)cc1F. The van der Waals surface area contributed by atoms with Gasteiger partial charge in [-0.25, -0.2) is 26.6 Å². The van der Waals surface area contributed by atoms with Gasteiger partial charge < -0.3 is 10.6 Å². The van der Waals surface area contributed by atoms with E-state index in [1.165, 1.54) is 32.3 Å². The maximum absolute atomic E-state index is 13.5. The molecule has 1 aromatic heterocycles. The molecular weight excluding hydrogens is 399 g/mol. The topological polar surface area (TPSA) is 109 Å². The number of fused-ring (bicyclic) bond motifs is 1. The van der Waals surface area contributed by atoms with Crippen molar-refractivity contribution in [1.29, 1.82) is 0 Å². The lowest BCUT2D eigenvalue weighted by molar-refractivity contribution is 0.251. The molecule has 154 valence electrons. The third kappa shape index (κ3) is 4.51. The average molecular weight is 420 g/mol. The van der Waals surface area contributed by atoms with Gasteiger partial charge in [0.25, 0.3) is 0 Å². The van der Waals surface area contributed by atoms with E-state index in [2.05, 4.69) is 20.9 Å². The Morgan fingerprint density at radius 2 is 1.97 bits per heavy atom. The zero-order valence-electron chi connectivity index (χ0n) is 16.2. The highest BCUT2D eigenvalue weighted by Crippen LogP contribution is 2.19. The number of aromatic nitrogens is 3. The summed E-state index contributed by atoms with van der Waals surface area (Å²) in [5.74, 6) is -0.396. The molecule has 0 aliphatic heterocycles. The number of hydrogen-bond acceptors (Lipinski definition) is 5. The molecule has 29 heavy (non-hydrogen) atoms. The summed E-state index contributed by atoms with van der Waals surface area (Å²) in [5, 5.41) is 13.2. The van der Waals surface area contributed by atoms with Crippen LogP contribution in [0.15, 0.2) is 41.3 Å². The van der Waals surface area contributed by atoms with Crippen LogP contribution in [0.3, 0.4) is 0 Å². The molecule has 0 bridgehead atoms. The van der Waals surface area contributed by atoms with Gasteiger partial charge in [0.05, 0.1) is 17.0 Å². The van der Waals surface area contributed by atoms with Crippen LogP contribution < -0.4 is 10.6 Å². The van der Waals surface area contributed by atoms with Gasteiger partial charge in [0.15, 0.2) is 0 Å². The Labute approximate surface area is 167 Å². The van der Waals surface area contributed by atoms with E-state index >= 15 is 0 Å². The summed E-state index contributed by atoms with van der Waals surface area (Å²) in [5.41, 5.74) is 1.93. The normalized spacial score (nSPS) is 11.8. The Morgan fingerprint density at radius 1 is 1.21 bits per heavy atom. The van der Waals surface area contributed by atoms with E-state index in [1.807, 2.05) is 0 Å². The number of amides is 2. The number of carbonyl (C=O) groups is 1. The summed E-state index contributed by atoms with van der Waals surface area (Å²) in [6, 6.07) is 8.54. The van der Waals surface area contributed by atoms with Crippen molar-refractivity contribution in [3.05, 3.63) is 47.8 Å². The lowest BCUT2D eigenvalue weighted by Gasteiger charge is -2.11. The third-order valence-electron chi connectivity index (χ3n) is 4.30. The fourth-order valence-electron chi connectivity index (χ4n) is 2.61. The van der Waals surface area contributed by atoms with Crippen LogP contribution in [0.2, 0.25) is 0 Å². The number of nitrogens with zero attached hydrogens (tertiary/aromatic N) is 4. The van der Waals surface area contributed by atoms with Crippen molar-refractivity contribution in [2.75, 3.05) is 26.0 Å². The molecule has 0 spiro atoms. The summed E-state index contributed by atoms with van der Waals surface area (Å²) in [7, 11) is -0.646. The van der Waals surface area contributed by atoms with Crippen molar-refractivity contribution in [3.8, 4) is 0 Å². The smallest absolute Gasteiger partial charge is 0.319 e. The van der Waals surface area contributed by atoms with Crippen molar-refractivity contribution >= 4 is 32.8 Å². The fraction of sp³-hybridized carbons (Fsp3) is 0.278. The van der Waals surface area contributed by atoms with Crippen molar-refractivity contribution in [1.82, 2.24) is 24.6 Å². The molecule has 0 aliphatic rings. The monoisotopic (exact) mass is 420 g/mol. The maximum Gasteiger partial charge on any atom is 0.319 e. The van der Waals surface area contributed by atoms with Crippen molar-refractivity contribution in [2.45, 2.75) is 18.4 Å². The van der Waals surface area contributed by atoms with E-state index in [0.29, 0.717) is 28.8 Å². The van der Waals surface area contributed by atoms with Crippen LogP contribution in [0, 0.1) is 12.7 Å². The molecule has 0 saturated carbocycles. The van der Waals surface area contributed by atoms with Crippen LogP contribution in [0.5, 0.6) is 0 Å². The lowest BCUT2D eigenvalue weighted by Crippen LogP contribution is -2.31. The van der Waals surface area contributed by atoms with E-state index < -0.39 is 21.9 Å². The second-order valence-electron chi connectivity index (χ2n) is 6.60. The number of anilines is 1. The van der Waals surface area contributed by atoms with E-state index in [4.69, 9.17) is 0 Å². The molecule has 0 unspecified atom stereocenters. The molecule has 0 aliphatic carbocycles. The van der Waals surface area contributed by atoms with Crippen LogP contribution in [-0.2, 0) is 16.6 Å². The quantitative estimate of drug-likeness (QED) is 0.634. The van der Waals surface area contributed by atoms with Crippen LogP contribution in [0.1, 0.15) is 5.56 Å². The molecule has 2 N–H and O–H groups in total. The first-order valence-corrected chi connectivity index (χ1v) is 10.2. The molecule has 2 aromatic carbocycles. The zero-order valence-corrected chi connectivity index (χ0v) is 17.0. The van der Waals surface area contributed by atoms with Crippen LogP contribution in [-0.4, -0.2) is 54.4 Å². The van der Waals surface area contributed by atoms with Crippen LogP contribution in [0.4, 0.5) is 14.9 Å². The van der Waals surface area contributed by atoms with Gasteiger partial charge in [0.1, 0.15) is 11.3 Å². The van der Waals surface area contributed by atoms with Gasteiger partial charge in [0, 0.05) is 26.3 Å². The number of halogens is 1. The molecule has 11 heteroatoms. The van der Waals surface area contributed by atoms with Gasteiger partial charge in [-0.3, -0.25) is 0 Å². The van der Waals surface area contributed by atoms with E-state index in [9.17, 15) is 17.6 Å². The summed E-state index contributed by atoms with van der Waals surface area (Å²) >= 11 is 0. The Morgan fingerprint density at radius 3 is 2.66 bits per heavy atom. The van der Waals surface area contributed by atoms with Crippen LogP contribution in [0.25, 0.3) is 11.0 Å². The molecule has 3 aromatic rings. The Hall–Kier alpha value is -3.05. The van der Waals surface area contributed by atoms with Gasteiger partial charge in [-0.05, 0) is 42.8 Å². The van der Waals surface area contributed by atoms with Crippen molar-refractivity contribution < 1.29 is 17.6 Å². The molecule has 0 saturated heterocycles. The Balaban J connectivity index is 1.62. The van der Waals surface area contributed by atoms with E-state index in [1.54, 1.807) is 29.8 Å². The summed E-state index contributed by atoms with van der Waals surface area (Å²) in [6.07, 6.45) is 0. The highest BCUT2D eigenvalue weighted by atomic mass is 32.2. The first-order valence-electron chi connectivity index (χ1n) is 8.75. The standard InChI is InChI=1S/C18H21FN6O3S/c1-12-4-5-13(10-15(12)19)21-18(26)20-8-9-25-17-7-6-14(11-16(17)22-23-25)29(27,28)24(2)3/h4-7,10-11H,8-9H2,1-3H3,(H2,20,21,26). The predicted octanol–water partition coefficient (Wildman–Crippen LogP) is 1.95. The summed E-state index contributed by atoms with van der Waals surface area (Å²) in [6.45, 7) is 2.21. The molecule has 3 rings (SSSR count). The molecular formula is C18H21FN6O3S. The molecule has 0 radical (unpaired) electrons. The number of carbonyl (C=O) groups excluding carboxylic acids is 1. The third-order valence-corrected chi connectivity index (χ3v) is 6.11. The Bertz CT molecular complexity index is 1160. The number of aryl methyl sites for hydroxylation is 1. The molecule has 1 heterocycles. The molecule has 2 amide bonds. The first-order chi connectivity index (χ1) is 13.7. The average Bonchev–Trinajstić information content (AvgIpc) is 3.07. The largest absolute Gasteiger partial charge is 0.336 e. The first kappa shape index (κ1) is 20.7. The van der Waals surface area contributed by atoms with Gasteiger partial charge in [-0.15, -0.1) is 5.10 Å². The molecule has 9 nitrogen and oxygen atoms in total. The Kier molecular flexibility index (Phi) is 5.80. The lowest BCUT2D eigenvalue weighted by atomic mass is 10.2. The minimum Gasteiger partial charge on any atom is -0.336 e. The second kappa shape index (κ2) is 8.13. The number of sulfonamides is 1. The predicted molar refractivity (Wildman–Crippen MR) is 107 cm³/mol. The summed E-state index contributed by atoms with van der Waals surface area (Å²) in [4.78, 5) is 12.1. The maximum atomic E-state index is 13.5. The number of benzene rings is 2. The second-order valence-corrected chi connectivity index (χ2v) is 8.75. The van der Waals surface area contributed by atoms with Crippen molar-refractivity contribution in [3.63, 3.8) is 0 Å². The highest BCUT2D eigenvalue weighted by molar-refractivity contribution is 7.89. The van der Waals surface area contributed by atoms with Gasteiger partial charge in [-0.1, -0.05) is 11.3 Å². The van der Waals surface area contributed by atoms with E-state index in [0.717, 1.165) is 4.31 Å². The number of hydrogen-bond donors (Lipinski definition) is 2.